The molecule has 3 aromatic carbocycles. The smallest absolute Gasteiger partial charge is 0.423 e. The van der Waals surface area contributed by atoms with Crippen molar-refractivity contribution < 1.29 is 10.0 Å². The van der Waals surface area contributed by atoms with Gasteiger partial charge in [0.05, 0.1) is 40.0 Å². The van der Waals surface area contributed by atoms with E-state index < -0.39 is 7.12 Å². The molecule has 4 rings (SSSR count). The lowest BCUT2D eigenvalue weighted by Gasteiger charge is -2.04. The van der Waals surface area contributed by atoms with Crippen LogP contribution in [0.25, 0.3) is 22.2 Å². The van der Waals surface area contributed by atoms with E-state index in [1.165, 1.54) is 24.3 Å². The van der Waals surface area contributed by atoms with Crippen molar-refractivity contribution in [3.8, 4) is 23.3 Å². The highest BCUT2D eigenvalue weighted by Crippen LogP contribution is 2.23. The summed E-state index contributed by atoms with van der Waals surface area (Å²) < 4.78 is 0. The highest BCUT2D eigenvalue weighted by atomic mass is 16.4. The molecule has 0 aliphatic carbocycles. The summed E-state index contributed by atoms with van der Waals surface area (Å²) in [6, 6.07) is 23.7. The summed E-state index contributed by atoms with van der Waals surface area (Å²) in [5.41, 5.74) is 6.41. The maximum Gasteiger partial charge on any atom is 0.488 e. The van der Waals surface area contributed by atoms with Gasteiger partial charge in [0.25, 0.3) is 0 Å². The zero-order valence-electron chi connectivity index (χ0n) is 16.2. The summed E-state index contributed by atoms with van der Waals surface area (Å²) in [7, 11) is -1.46. The van der Waals surface area contributed by atoms with Gasteiger partial charge in [0, 0.05) is 6.20 Å². The molecule has 0 saturated heterocycles. The summed E-state index contributed by atoms with van der Waals surface area (Å²) in [5.74, 6) is 0. The molecule has 30 heavy (non-hydrogen) atoms. The van der Waals surface area contributed by atoms with Crippen LogP contribution in [0.4, 0.5) is 0 Å². The van der Waals surface area contributed by atoms with Crippen molar-refractivity contribution in [1.82, 2.24) is 9.97 Å². The van der Waals surface area contributed by atoms with E-state index in [1.54, 1.807) is 6.20 Å². The Balaban J connectivity index is 0.000000199. The molecule has 0 spiro atoms. The van der Waals surface area contributed by atoms with Crippen LogP contribution in [0.1, 0.15) is 16.8 Å². The second kappa shape index (κ2) is 9.44. The number of hydrogen-bond acceptors (Lipinski definition) is 6. The van der Waals surface area contributed by atoms with Gasteiger partial charge in [-0.15, -0.1) is 0 Å². The van der Waals surface area contributed by atoms with E-state index in [1.807, 2.05) is 55.5 Å². The van der Waals surface area contributed by atoms with Gasteiger partial charge in [-0.3, -0.25) is 4.98 Å². The second-order valence-corrected chi connectivity index (χ2v) is 6.51. The van der Waals surface area contributed by atoms with Crippen LogP contribution in [0.15, 0.2) is 72.9 Å². The van der Waals surface area contributed by atoms with Crippen LogP contribution in [-0.4, -0.2) is 27.1 Å². The minimum absolute atomic E-state index is 0.393. The molecule has 1 aromatic heterocycles. The maximum atomic E-state index is 8.80. The first kappa shape index (κ1) is 20.7. The minimum Gasteiger partial charge on any atom is -0.423 e. The van der Waals surface area contributed by atoms with Gasteiger partial charge in [-0.05, 0) is 59.9 Å². The van der Waals surface area contributed by atoms with Gasteiger partial charge >= 0.3 is 7.12 Å². The van der Waals surface area contributed by atoms with Crippen molar-refractivity contribution in [3.05, 3.63) is 89.7 Å². The maximum absolute atomic E-state index is 8.80. The van der Waals surface area contributed by atoms with Gasteiger partial charge in [0.15, 0.2) is 0 Å². The molecule has 1 heterocycles. The van der Waals surface area contributed by atoms with Crippen molar-refractivity contribution in [3.63, 3.8) is 0 Å². The predicted octanol–water partition coefficient (Wildman–Crippen LogP) is 2.71. The van der Waals surface area contributed by atoms with Crippen LogP contribution in [0.5, 0.6) is 0 Å². The van der Waals surface area contributed by atoms with Crippen LogP contribution >= 0.6 is 0 Å². The van der Waals surface area contributed by atoms with Crippen LogP contribution in [0.2, 0.25) is 0 Å². The number of aromatic nitrogens is 2. The zero-order valence-corrected chi connectivity index (χ0v) is 16.2. The Morgan fingerprint density at radius 2 is 1.33 bits per heavy atom. The summed E-state index contributed by atoms with van der Waals surface area (Å²) >= 11 is 0. The number of benzene rings is 3. The van der Waals surface area contributed by atoms with Crippen molar-refractivity contribution in [1.29, 1.82) is 10.5 Å². The molecule has 0 saturated carbocycles. The van der Waals surface area contributed by atoms with Gasteiger partial charge in [0.1, 0.15) is 0 Å². The molecule has 0 aliphatic rings. The lowest BCUT2D eigenvalue weighted by Crippen LogP contribution is -2.29. The molecule has 0 unspecified atom stereocenters. The standard InChI is InChI=1S/C16H11N3.C7H6BNO2/c1-11-10-18-15-7-6-14(8-16(15)19-11)13-4-2-12(9-17)3-5-13;9-5-6-1-3-7(4-2-6)8(10)11/h2-8,10H,1H3;1-4,10-11H. The van der Waals surface area contributed by atoms with E-state index in [0.29, 0.717) is 16.6 Å². The first-order valence-electron chi connectivity index (χ1n) is 9.10. The molecule has 0 amide bonds. The summed E-state index contributed by atoms with van der Waals surface area (Å²) in [5, 5.41) is 34.5. The molecule has 2 N–H and O–H groups in total. The second-order valence-electron chi connectivity index (χ2n) is 6.51. The molecule has 0 fully saturated rings. The van der Waals surface area contributed by atoms with Crippen LogP contribution in [-0.2, 0) is 0 Å². The molecule has 0 atom stereocenters. The number of nitrogens with zero attached hydrogens (tertiary/aromatic N) is 4. The van der Waals surface area contributed by atoms with E-state index >= 15 is 0 Å². The van der Waals surface area contributed by atoms with E-state index in [4.69, 9.17) is 20.6 Å². The molecule has 6 nitrogen and oxygen atoms in total. The third kappa shape index (κ3) is 5.06. The molecular formula is C23H17BN4O2. The molecule has 0 bridgehead atoms. The summed E-state index contributed by atoms with van der Waals surface area (Å²) in [4.78, 5) is 8.82. The Kier molecular flexibility index (Phi) is 6.51. The van der Waals surface area contributed by atoms with E-state index in [2.05, 4.69) is 16.0 Å². The van der Waals surface area contributed by atoms with Crippen LogP contribution in [0, 0.1) is 29.6 Å². The molecule has 7 heteroatoms. The van der Waals surface area contributed by atoms with E-state index in [9.17, 15) is 0 Å². The van der Waals surface area contributed by atoms with Crippen LogP contribution in [0.3, 0.4) is 0 Å². The Morgan fingerprint density at radius 1 is 0.767 bits per heavy atom. The third-order valence-electron chi connectivity index (χ3n) is 4.35. The first-order chi connectivity index (χ1) is 14.5. The number of nitriles is 2. The Hall–Kier alpha value is -4.04. The number of hydrogen-bond donors (Lipinski definition) is 2. The fourth-order valence-electron chi connectivity index (χ4n) is 2.75. The summed E-state index contributed by atoms with van der Waals surface area (Å²) in [6.45, 7) is 1.93. The molecule has 0 radical (unpaired) electrons. The first-order valence-corrected chi connectivity index (χ1v) is 9.10. The molecule has 144 valence electrons. The van der Waals surface area contributed by atoms with Crippen molar-refractivity contribution >= 4 is 23.6 Å². The number of rotatable bonds is 2. The highest BCUT2D eigenvalue weighted by Gasteiger charge is 2.09. The highest BCUT2D eigenvalue weighted by molar-refractivity contribution is 6.58. The Labute approximate surface area is 174 Å². The Bertz CT molecular complexity index is 1240. The fraction of sp³-hybridized carbons (Fsp3) is 0.0435. The SMILES string of the molecule is Cc1cnc2ccc(-c3ccc(C#N)cc3)cc2n1.N#Cc1ccc(B(O)O)cc1. The zero-order chi connectivity index (χ0) is 21.5. The average molecular weight is 392 g/mol. The quantitative estimate of drug-likeness (QED) is 0.507. The lowest BCUT2D eigenvalue weighted by molar-refractivity contribution is 0.426. The largest absolute Gasteiger partial charge is 0.488 e. The molecule has 0 aliphatic heterocycles. The van der Waals surface area contributed by atoms with Gasteiger partial charge in [0.2, 0.25) is 0 Å². The number of fused-ring (bicyclic) bond motifs is 1. The topological polar surface area (TPSA) is 114 Å². The van der Waals surface area contributed by atoms with Crippen molar-refractivity contribution in [2.75, 3.05) is 0 Å². The third-order valence-corrected chi connectivity index (χ3v) is 4.35. The lowest BCUT2D eigenvalue weighted by atomic mass is 9.80. The van der Waals surface area contributed by atoms with E-state index in [0.717, 1.165) is 27.9 Å². The van der Waals surface area contributed by atoms with Crippen LogP contribution < -0.4 is 5.46 Å². The fourth-order valence-corrected chi connectivity index (χ4v) is 2.75. The van der Waals surface area contributed by atoms with Gasteiger partial charge < -0.3 is 10.0 Å². The van der Waals surface area contributed by atoms with Crippen molar-refractivity contribution in [2.45, 2.75) is 6.92 Å². The minimum atomic E-state index is -1.46. The average Bonchev–Trinajstić information content (AvgIpc) is 2.79. The molecule has 4 aromatic rings. The normalized spacial score (nSPS) is 9.77. The van der Waals surface area contributed by atoms with Gasteiger partial charge in [-0.2, -0.15) is 10.5 Å². The predicted molar refractivity (Wildman–Crippen MR) is 115 cm³/mol. The Morgan fingerprint density at radius 3 is 1.90 bits per heavy atom. The molecular weight excluding hydrogens is 375 g/mol. The van der Waals surface area contributed by atoms with Gasteiger partial charge in [-0.1, -0.05) is 30.3 Å². The van der Waals surface area contributed by atoms with Gasteiger partial charge in [-0.25, -0.2) is 4.98 Å². The summed E-state index contributed by atoms with van der Waals surface area (Å²) in [6.07, 6.45) is 1.77. The van der Waals surface area contributed by atoms with E-state index in [-0.39, 0.29) is 0 Å². The monoisotopic (exact) mass is 392 g/mol. The van der Waals surface area contributed by atoms with Crippen molar-refractivity contribution in [2.24, 2.45) is 0 Å². The number of aryl methyl sites for hydroxylation is 1.